The molecule has 12 aromatic rings. The summed E-state index contributed by atoms with van der Waals surface area (Å²) in [6, 6.07) is 16.9. The minimum atomic E-state index is -1.59. The molecule has 0 unspecified atom stereocenters. The van der Waals surface area contributed by atoms with Crippen LogP contribution in [-0.2, 0) is 0 Å². The van der Waals surface area contributed by atoms with Gasteiger partial charge in [0.2, 0.25) is 34.7 Å². The molecule has 0 bridgehead atoms. The van der Waals surface area contributed by atoms with E-state index in [1.807, 2.05) is 0 Å². The lowest BCUT2D eigenvalue weighted by Gasteiger charge is -2.09. The van der Waals surface area contributed by atoms with E-state index in [0.29, 0.717) is 24.3 Å². The second-order valence-corrected chi connectivity index (χ2v) is 24.4. The van der Waals surface area contributed by atoms with Gasteiger partial charge < -0.3 is 169 Å². The number of hydrogen-bond donors (Lipinski definition) is 33. The van der Waals surface area contributed by atoms with Crippen molar-refractivity contribution in [1.29, 1.82) is 0 Å². The third-order valence-electron chi connectivity index (χ3n) is 16.3. The fraction of sp³-hybridized carbons (Fsp3) is 0. The Morgan fingerprint density at radius 2 is 0.374 bits per heavy atom. The van der Waals surface area contributed by atoms with Crippen LogP contribution in [0.4, 0.5) is 26.3 Å². The van der Waals surface area contributed by atoms with Crippen molar-refractivity contribution in [2.75, 3.05) is 0 Å². The van der Waals surface area contributed by atoms with Gasteiger partial charge in [0.1, 0.15) is 0 Å². The summed E-state index contributed by atoms with van der Waals surface area (Å²) < 4.78 is 79.5. The van der Waals surface area contributed by atoms with Crippen molar-refractivity contribution in [2.24, 2.45) is 0 Å². The third kappa shape index (κ3) is 19.1. The van der Waals surface area contributed by atoms with Crippen molar-refractivity contribution in [3.63, 3.8) is 0 Å². The molecule has 39 nitrogen and oxygen atoms in total. The minimum Gasteiger partial charge on any atom is -0.505 e. The lowest BCUT2D eigenvalue weighted by molar-refractivity contribution is 0.102. The quantitative estimate of drug-likeness (QED) is 0.0235. The van der Waals surface area contributed by atoms with Gasteiger partial charge in [-0.25, -0.2) is 13.2 Å². The fourth-order valence-electron chi connectivity index (χ4n) is 9.93. The zero-order valence-electron chi connectivity index (χ0n) is 60.1. The SMILES string of the molecule is O=C(c1cc(O)c(F)c(O)c1)c1ccc(O)c(O)c1O.O=C(c1cc(O)c(O)c(F)c1)c1ccc(O)c(O)c1O.O=C(c1cc(O)c(O)c(O)c1)c1cc(O)c(F)c(O)c1O.O=C(c1cc(O)c(O)c(O)c1)c1cc(O)c(O)c(F)c1O.O=C(c1cc(O)c(O)c(O)c1)c1cc(O)c(O)c(O)c1F.O=C(c1cc(O)c(O)c(O)c1)c1ccc(F)c(O)c1O. The molecule has 0 atom stereocenters. The topological polar surface area (TPSA) is 770 Å². The van der Waals surface area contributed by atoms with Crippen LogP contribution in [0.5, 0.6) is 190 Å². The van der Waals surface area contributed by atoms with E-state index in [1.54, 1.807) is 0 Å². The number of benzene rings is 12. The van der Waals surface area contributed by atoms with Gasteiger partial charge in [0.15, 0.2) is 225 Å². The third-order valence-corrected chi connectivity index (χ3v) is 16.3. The van der Waals surface area contributed by atoms with Crippen molar-refractivity contribution >= 4 is 34.7 Å². The molecule has 0 fully saturated rings. The minimum absolute atomic E-state index is 0.265. The molecule has 0 spiro atoms. The van der Waals surface area contributed by atoms with E-state index in [0.717, 1.165) is 103 Å². The standard InChI is InChI=1S/3C13H9FO7.3C13H9FO6/c14-9-6(15)3-5(11(19)13(9)21)10(18)4-1-7(16)12(20)8(17)2-4;14-9-11(19)5(3-8(17)13(9)21)10(18)4-1-6(15)12(20)7(16)2-4;14-9-5(3-8(17)12(20)13(9)21)10(18)4-1-6(15)11(19)7(16)2-4;14-7-3-5(4-9(16)12(7)19)10(17)6-1-2-8(15)13(20)11(6)18;14-10-8(16)3-5(4-9(10)17)11(18)6-1-2-7(15)13(20)12(6)19;14-7-2-1-6(11(18)12(7)19)10(17)5-3-8(15)13(20)9(16)4-5/h3*1-3,15-17,19-21H;1-4,15-16,18-20H;1-4,15-17,19-20H;1-4,15-16,18-20H. The largest absolute Gasteiger partial charge is 0.505 e. The average Bonchev–Trinajstić information content (AvgIpc) is 0.808. The van der Waals surface area contributed by atoms with Crippen LogP contribution in [0.15, 0.2) is 127 Å². The first-order chi connectivity index (χ1) is 57.2. The summed E-state index contributed by atoms with van der Waals surface area (Å²) in [6.45, 7) is 0. The maximum Gasteiger partial charge on any atom is 0.211 e. The van der Waals surface area contributed by atoms with Gasteiger partial charge in [0.05, 0.1) is 33.4 Å². The number of hydrogen-bond acceptors (Lipinski definition) is 39. The molecule has 0 aliphatic carbocycles. The molecule has 0 radical (unpaired) electrons. The zero-order chi connectivity index (χ0) is 92.8. The normalized spacial score (nSPS) is 10.5. The lowest BCUT2D eigenvalue weighted by Crippen LogP contribution is -2.04. The van der Waals surface area contributed by atoms with E-state index >= 15 is 0 Å². The van der Waals surface area contributed by atoms with Crippen LogP contribution in [-0.4, -0.2) is 203 Å². The van der Waals surface area contributed by atoms with Crippen LogP contribution >= 0.6 is 0 Å². The highest BCUT2D eigenvalue weighted by Gasteiger charge is 2.31. The van der Waals surface area contributed by atoms with E-state index in [-0.39, 0.29) is 33.4 Å². The summed E-state index contributed by atoms with van der Waals surface area (Å²) in [7, 11) is 0. The number of aromatic hydroxyl groups is 33. The molecule has 45 heteroatoms. The molecule has 0 aliphatic heterocycles. The molecule has 0 aromatic heterocycles. The van der Waals surface area contributed by atoms with Gasteiger partial charge in [-0.3, -0.25) is 28.8 Å². The maximum absolute atomic E-state index is 13.7. The van der Waals surface area contributed by atoms with E-state index in [2.05, 4.69) is 0 Å². The molecule has 12 rings (SSSR count). The van der Waals surface area contributed by atoms with Crippen molar-refractivity contribution in [3.8, 4) is 190 Å². The molecule has 642 valence electrons. The summed E-state index contributed by atoms with van der Waals surface area (Å²) in [4.78, 5) is 72.3. The van der Waals surface area contributed by atoms with Crippen LogP contribution in [0.25, 0.3) is 0 Å². The number of halogens is 6. The Balaban J connectivity index is 0.000000203. The van der Waals surface area contributed by atoms with E-state index in [4.69, 9.17) is 40.9 Å². The number of phenolic OH excluding ortho intramolecular Hbond substituents is 33. The van der Waals surface area contributed by atoms with Crippen LogP contribution in [0.2, 0.25) is 0 Å². The molecule has 0 saturated carbocycles. The van der Waals surface area contributed by atoms with Crippen LogP contribution in [0, 0.1) is 34.9 Å². The number of rotatable bonds is 12. The highest BCUT2D eigenvalue weighted by atomic mass is 19.1. The van der Waals surface area contributed by atoms with Crippen LogP contribution < -0.4 is 0 Å². The molecule has 0 amide bonds. The van der Waals surface area contributed by atoms with Crippen LogP contribution in [0.3, 0.4) is 0 Å². The second kappa shape index (κ2) is 36.2. The van der Waals surface area contributed by atoms with Crippen molar-refractivity contribution in [1.82, 2.24) is 0 Å². The fourth-order valence-corrected chi connectivity index (χ4v) is 9.93. The van der Waals surface area contributed by atoms with Gasteiger partial charge in [-0.2, -0.15) is 13.2 Å². The molecule has 33 N–H and O–H groups in total. The number of ketones is 6. The van der Waals surface area contributed by atoms with Gasteiger partial charge in [-0.15, -0.1) is 0 Å². The van der Waals surface area contributed by atoms with E-state index in [9.17, 15) is 183 Å². The Morgan fingerprint density at radius 3 is 0.724 bits per heavy atom. The van der Waals surface area contributed by atoms with E-state index < -0.39 is 293 Å². The first kappa shape index (κ1) is 91.8. The number of carbonyl (C=O) groups is 6. The second-order valence-electron chi connectivity index (χ2n) is 24.4. The first-order valence-electron chi connectivity index (χ1n) is 32.4. The molecular formula is C78H54F6O39. The van der Waals surface area contributed by atoms with Crippen molar-refractivity contribution in [3.05, 3.63) is 229 Å². The zero-order valence-corrected chi connectivity index (χ0v) is 60.1. The summed E-state index contributed by atoms with van der Waals surface area (Å²) in [5, 5.41) is 306. The Morgan fingerprint density at radius 1 is 0.146 bits per heavy atom. The molecular weight excluding hydrogens is 1670 g/mol. The first-order valence-corrected chi connectivity index (χ1v) is 32.4. The van der Waals surface area contributed by atoms with Gasteiger partial charge in [-0.1, -0.05) is 0 Å². The van der Waals surface area contributed by atoms with Gasteiger partial charge >= 0.3 is 0 Å². The average molecular weight is 1730 g/mol. The summed E-state index contributed by atoms with van der Waals surface area (Å²) in [5.74, 6) is -44.5. The lowest BCUT2D eigenvalue weighted by atomic mass is 10.0. The molecule has 12 aromatic carbocycles. The van der Waals surface area contributed by atoms with Crippen LogP contribution in [0.1, 0.15) is 95.5 Å². The highest BCUT2D eigenvalue weighted by Crippen LogP contribution is 2.48. The van der Waals surface area contributed by atoms with Gasteiger partial charge in [0, 0.05) is 33.4 Å². The molecule has 0 saturated heterocycles. The Bertz CT molecular complexity index is 5610. The number of carbonyl (C=O) groups excluding carboxylic acids is 6. The molecule has 0 heterocycles. The summed E-state index contributed by atoms with van der Waals surface area (Å²) in [6.07, 6.45) is 0. The Labute approximate surface area is 674 Å². The summed E-state index contributed by atoms with van der Waals surface area (Å²) in [5.41, 5.74) is -5.45. The predicted molar refractivity (Wildman–Crippen MR) is 393 cm³/mol. The Kier molecular flexibility index (Phi) is 27.0. The number of phenols is 33. The van der Waals surface area contributed by atoms with Gasteiger partial charge in [-0.05, 0) is 127 Å². The van der Waals surface area contributed by atoms with Crippen molar-refractivity contribution < 1.29 is 224 Å². The van der Waals surface area contributed by atoms with E-state index in [1.165, 1.54) is 0 Å². The van der Waals surface area contributed by atoms with Gasteiger partial charge in [0.25, 0.3) is 0 Å². The summed E-state index contributed by atoms with van der Waals surface area (Å²) >= 11 is 0. The predicted octanol–water partition coefficient (Wildman–Crippen LogP) is 8.62. The Hall–Kier alpha value is -18.4. The maximum atomic E-state index is 13.7. The monoisotopic (exact) mass is 1730 g/mol. The smallest absolute Gasteiger partial charge is 0.211 e. The highest BCUT2D eigenvalue weighted by molar-refractivity contribution is 6.15. The van der Waals surface area contributed by atoms with Crippen molar-refractivity contribution in [2.45, 2.75) is 0 Å². The molecule has 0 aliphatic rings. The molecule has 123 heavy (non-hydrogen) atoms.